The molecule has 1 heterocycles. The molecule has 0 unspecified atom stereocenters. The Labute approximate surface area is 130 Å². The van der Waals surface area contributed by atoms with Crippen LogP contribution in [0.2, 0.25) is 5.02 Å². The number of hydrogen-bond acceptors (Lipinski definition) is 4. The Balaban J connectivity index is 1.90. The van der Waals surface area contributed by atoms with E-state index in [1.807, 2.05) is 29.6 Å². The molecule has 2 aromatic carbocycles. The Morgan fingerprint density at radius 2 is 1.62 bits per heavy atom. The molecule has 0 aliphatic carbocycles. The van der Waals surface area contributed by atoms with E-state index in [0.29, 0.717) is 5.02 Å². The Hall–Kier alpha value is -2.17. The summed E-state index contributed by atoms with van der Waals surface area (Å²) in [5.74, 6) is -1.18. The van der Waals surface area contributed by atoms with Crippen molar-refractivity contribution in [3.05, 3.63) is 64.5 Å². The summed E-state index contributed by atoms with van der Waals surface area (Å²) in [7, 11) is 0. The number of aromatic nitrogens is 1. The highest BCUT2D eigenvalue weighted by atomic mass is 35.5. The first-order chi connectivity index (χ1) is 10.1. The number of carboxylic acid groups (broad SMARTS) is 1. The number of carbonyl (C=O) groups is 1. The molecule has 0 radical (unpaired) electrons. The van der Waals surface area contributed by atoms with Gasteiger partial charge in [0, 0.05) is 21.5 Å². The van der Waals surface area contributed by atoms with Gasteiger partial charge in [-0.3, -0.25) is 0 Å². The van der Waals surface area contributed by atoms with Crippen molar-refractivity contribution in [3.8, 4) is 21.8 Å². The van der Waals surface area contributed by atoms with Crippen molar-refractivity contribution in [1.29, 1.82) is 0 Å². The lowest BCUT2D eigenvalue weighted by atomic mass is 10.1. The maximum absolute atomic E-state index is 10.7. The highest BCUT2D eigenvalue weighted by Gasteiger charge is 2.07. The first-order valence-electron chi connectivity index (χ1n) is 6.17. The van der Waals surface area contributed by atoms with Crippen LogP contribution in [-0.2, 0) is 0 Å². The van der Waals surface area contributed by atoms with Gasteiger partial charge in [-0.15, -0.1) is 11.3 Å². The van der Waals surface area contributed by atoms with Crippen molar-refractivity contribution in [2.45, 2.75) is 0 Å². The Kier molecular flexibility index (Phi) is 3.73. The lowest BCUT2D eigenvalue weighted by Crippen LogP contribution is -2.21. The van der Waals surface area contributed by atoms with Gasteiger partial charge in [0.05, 0.1) is 11.7 Å². The van der Waals surface area contributed by atoms with E-state index in [9.17, 15) is 9.90 Å². The number of halogens is 1. The average molecular weight is 315 g/mol. The molecule has 0 N–H and O–H groups in total. The molecular weight excluding hydrogens is 306 g/mol. The Morgan fingerprint density at radius 1 is 1.00 bits per heavy atom. The SMILES string of the molecule is O=C([O-])c1ccc(-c2nc(-c3ccc(Cl)cc3)cs2)cc1. The van der Waals surface area contributed by atoms with E-state index < -0.39 is 5.97 Å². The van der Waals surface area contributed by atoms with Crippen molar-refractivity contribution in [1.82, 2.24) is 4.98 Å². The van der Waals surface area contributed by atoms with Gasteiger partial charge < -0.3 is 9.90 Å². The van der Waals surface area contributed by atoms with Crippen LogP contribution in [0.3, 0.4) is 0 Å². The minimum absolute atomic E-state index is 0.160. The largest absolute Gasteiger partial charge is 0.545 e. The molecule has 0 bridgehead atoms. The topological polar surface area (TPSA) is 53.0 Å². The second-order valence-electron chi connectivity index (χ2n) is 4.41. The second kappa shape index (κ2) is 5.68. The van der Waals surface area contributed by atoms with Gasteiger partial charge >= 0.3 is 0 Å². The van der Waals surface area contributed by atoms with E-state index in [1.165, 1.54) is 23.5 Å². The standard InChI is InChI=1S/C16H10ClNO2S/c17-13-7-5-10(6-8-13)14-9-21-15(18-14)11-1-3-12(4-2-11)16(19)20/h1-9H,(H,19,20)/p-1. The van der Waals surface area contributed by atoms with Crippen LogP contribution in [0.15, 0.2) is 53.9 Å². The van der Waals surface area contributed by atoms with Crippen LogP contribution in [0.4, 0.5) is 0 Å². The van der Waals surface area contributed by atoms with E-state index in [2.05, 4.69) is 4.98 Å². The van der Waals surface area contributed by atoms with Gasteiger partial charge in [0.1, 0.15) is 5.01 Å². The predicted octanol–water partition coefficient (Wildman–Crippen LogP) is 3.49. The normalized spacial score (nSPS) is 10.5. The lowest BCUT2D eigenvalue weighted by molar-refractivity contribution is -0.255. The summed E-state index contributed by atoms with van der Waals surface area (Å²) in [6.45, 7) is 0. The van der Waals surface area contributed by atoms with Crippen LogP contribution in [0.5, 0.6) is 0 Å². The zero-order chi connectivity index (χ0) is 14.8. The minimum atomic E-state index is -1.18. The first kappa shape index (κ1) is 13.8. The number of rotatable bonds is 3. The molecule has 0 spiro atoms. The molecule has 104 valence electrons. The number of hydrogen-bond donors (Lipinski definition) is 0. The molecule has 1 aromatic heterocycles. The molecule has 0 aliphatic rings. The zero-order valence-electron chi connectivity index (χ0n) is 10.7. The summed E-state index contributed by atoms with van der Waals surface area (Å²) in [5.41, 5.74) is 2.90. The van der Waals surface area contributed by atoms with Crippen LogP contribution >= 0.6 is 22.9 Å². The summed E-state index contributed by atoms with van der Waals surface area (Å²) >= 11 is 7.38. The van der Waals surface area contributed by atoms with Gasteiger partial charge in [0.25, 0.3) is 0 Å². The fourth-order valence-corrected chi connectivity index (χ4v) is 2.87. The van der Waals surface area contributed by atoms with Crippen LogP contribution in [-0.4, -0.2) is 11.0 Å². The number of carboxylic acids is 1. The van der Waals surface area contributed by atoms with E-state index in [1.54, 1.807) is 12.1 Å². The second-order valence-corrected chi connectivity index (χ2v) is 5.70. The zero-order valence-corrected chi connectivity index (χ0v) is 12.3. The van der Waals surface area contributed by atoms with Crippen LogP contribution in [0.1, 0.15) is 10.4 Å². The van der Waals surface area contributed by atoms with Crippen molar-refractivity contribution in [2.24, 2.45) is 0 Å². The molecule has 0 saturated carbocycles. The van der Waals surface area contributed by atoms with Crippen molar-refractivity contribution >= 4 is 28.9 Å². The monoisotopic (exact) mass is 314 g/mol. The first-order valence-corrected chi connectivity index (χ1v) is 7.42. The number of aromatic carboxylic acids is 1. The number of nitrogens with zero attached hydrogens (tertiary/aromatic N) is 1. The van der Waals surface area contributed by atoms with Gasteiger partial charge in [-0.1, -0.05) is 48.0 Å². The van der Waals surface area contributed by atoms with Gasteiger partial charge in [-0.05, 0) is 17.7 Å². The summed E-state index contributed by atoms with van der Waals surface area (Å²) in [6, 6.07) is 14.0. The highest BCUT2D eigenvalue weighted by molar-refractivity contribution is 7.13. The van der Waals surface area contributed by atoms with Crippen LogP contribution in [0.25, 0.3) is 21.8 Å². The van der Waals surface area contributed by atoms with Crippen LogP contribution < -0.4 is 5.11 Å². The molecule has 0 amide bonds. The molecule has 0 aliphatic heterocycles. The molecular formula is C16H9ClNO2S-. The molecule has 21 heavy (non-hydrogen) atoms. The maximum Gasteiger partial charge on any atom is 0.124 e. The Bertz CT molecular complexity index is 779. The third kappa shape index (κ3) is 2.96. The van der Waals surface area contributed by atoms with Gasteiger partial charge in [-0.25, -0.2) is 4.98 Å². The van der Waals surface area contributed by atoms with E-state index in [4.69, 9.17) is 11.6 Å². The van der Waals surface area contributed by atoms with Gasteiger partial charge in [-0.2, -0.15) is 0 Å². The van der Waals surface area contributed by atoms with Gasteiger partial charge in [0.15, 0.2) is 0 Å². The molecule has 3 aromatic rings. The highest BCUT2D eigenvalue weighted by Crippen LogP contribution is 2.29. The smallest absolute Gasteiger partial charge is 0.124 e. The van der Waals surface area contributed by atoms with Crippen molar-refractivity contribution < 1.29 is 9.90 Å². The summed E-state index contributed by atoms with van der Waals surface area (Å²) in [5, 5.41) is 14.2. The molecule has 0 atom stereocenters. The van der Waals surface area contributed by atoms with E-state index in [0.717, 1.165) is 21.8 Å². The van der Waals surface area contributed by atoms with Gasteiger partial charge in [0.2, 0.25) is 0 Å². The quantitative estimate of drug-likeness (QED) is 0.743. The van der Waals surface area contributed by atoms with E-state index in [-0.39, 0.29) is 5.56 Å². The molecule has 3 nitrogen and oxygen atoms in total. The molecule has 0 fully saturated rings. The third-order valence-electron chi connectivity index (χ3n) is 3.01. The predicted molar refractivity (Wildman–Crippen MR) is 82.3 cm³/mol. The van der Waals surface area contributed by atoms with Crippen molar-refractivity contribution in [2.75, 3.05) is 0 Å². The molecule has 5 heteroatoms. The minimum Gasteiger partial charge on any atom is -0.545 e. The summed E-state index contributed by atoms with van der Waals surface area (Å²) in [4.78, 5) is 15.3. The summed E-state index contributed by atoms with van der Waals surface area (Å²) < 4.78 is 0. The fourth-order valence-electron chi connectivity index (χ4n) is 1.91. The van der Waals surface area contributed by atoms with Crippen LogP contribution in [0, 0.1) is 0 Å². The Morgan fingerprint density at radius 3 is 2.24 bits per heavy atom. The van der Waals surface area contributed by atoms with E-state index >= 15 is 0 Å². The molecule has 3 rings (SSSR count). The number of carbonyl (C=O) groups excluding carboxylic acids is 1. The molecule has 0 saturated heterocycles. The fraction of sp³-hybridized carbons (Fsp3) is 0. The lowest BCUT2D eigenvalue weighted by Gasteiger charge is -2.02. The third-order valence-corrected chi connectivity index (χ3v) is 4.16. The summed E-state index contributed by atoms with van der Waals surface area (Å²) in [6.07, 6.45) is 0. The number of benzene rings is 2. The average Bonchev–Trinajstić information content (AvgIpc) is 2.98. The van der Waals surface area contributed by atoms with Crippen molar-refractivity contribution in [3.63, 3.8) is 0 Å². The maximum atomic E-state index is 10.7. The number of thiazole rings is 1.